The standard InChI is InChI=1S/C11H22N4/c1-9(2)7-10(12-3)5-6-11-8-15(4)14-13-11/h8-10,12H,5-7H2,1-4H3. The number of hydrogen-bond acceptors (Lipinski definition) is 3. The Hall–Kier alpha value is -0.900. The van der Waals surface area contributed by atoms with Gasteiger partial charge in [0.05, 0.1) is 5.69 Å². The molecular weight excluding hydrogens is 188 g/mol. The predicted octanol–water partition coefficient (Wildman–Crippen LogP) is 1.38. The van der Waals surface area contributed by atoms with Gasteiger partial charge in [0, 0.05) is 19.3 Å². The monoisotopic (exact) mass is 210 g/mol. The van der Waals surface area contributed by atoms with E-state index in [1.165, 1.54) is 6.42 Å². The van der Waals surface area contributed by atoms with Crippen molar-refractivity contribution in [2.45, 2.75) is 39.2 Å². The van der Waals surface area contributed by atoms with Gasteiger partial charge in [-0.05, 0) is 32.2 Å². The van der Waals surface area contributed by atoms with Gasteiger partial charge in [0.15, 0.2) is 0 Å². The molecule has 1 rings (SSSR count). The first-order chi connectivity index (χ1) is 7.11. The van der Waals surface area contributed by atoms with Gasteiger partial charge in [-0.2, -0.15) is 0 Å². The SMILES string of the molecule is CNC(CCc1cn(C)nn1)CC(C)C. The van der Waals surface area contributed by atoms with E-state index in [2.05, 4.69) is 29.5 Å². The number of nitrogens with one attached hydrogen (secondary N) is 1. The average Bonchev–Trinajstić information content (AvgIpc) is 2.58. The van der Waals surface area contributed by atoms with E-state index in [0.29, 0.717) is 6.04 Å². The molecule has 1 heterocycles. The third kappa shape index (κ3) is 4.42. The van der Waals surface area contributed by atoms with Crippen molar-refractivity contribution >= 4 is 0 Å². The van der Waals surface area contributed by atoms with Crippen molar-refractivity contribution in [2.24, 2.45) is 13.0 Å². The number of hydrogen-bond donors (Lipinski definition) is 1. The second-order valence-corrected chi connectivity index (χ2v) is 4.54. The van der Waals surface area contributed by atoms with Crippen molar-refractivity contribution in [3.05, 3.63) is 11.9 Å². The smallest absolute Gasteiger partial charge is 0.0827 e. The second kappa shape index (κ2) is 5.85. The molecule has 0 radical (unpaired) electrons. The predicted molar refractivity (Wildman–Crippen MR) is 61.6 cm³/mol. The van der Waals surface area contributed by atoms with Crippen LogP contribution in [0, 0.1) is 5.92 Å². The van der Waals surface area contributed by atoms with Gasteiger partial charge in [0.25, 0.3) is 0 Å². The number of nitrogens with zero attached hydrogens (tertiary/aromatic N) is 3. The third-order valence-electron chi connectivity index (χ3n) is 2.56. The molecule has 4 heteroatoms. The van der Waals surface area contributed by atoms with Crippen molar-refractivity contribution in [1.82, 2.24) is 20.3 Å². The van der Waals surface area contributed by atoms with E-state index in [1.54, 1.807) is 4.68 Å². The number of aromatic nitrogens is 3. The van der Waals surface area contributed by atoms with Crippen LogP contribution in [0.25, 0.3) is 0 Å². The molecule has 15 heavy (non-hydrogen) atoms. The van der Waals surface area contributed by atoms with Gasteiger partial charge in [0.2, 0.25) is 0 Å². The van der Waals surface area contributed by atoms with E-state index in [0.717, 1.165) is 24.5 Å². The fourth-order valence-corrected chi connectivity index (χ4v) is 1.78. The number of rotatable bonds is 6. The summed E-state index contributed by atoms with van der Waals surface area (Å²) in [6, 6.07) is 0.590. The van der Waals surface area contributed by atoms with E-state index >= 15 is 0 Å². The van der Waals surface area contributed by atoms with Crippen LogP contribution in [-0.4, -0.2) is 28.1 Å². The van der Waals surface area contributed by atoms with Crippen LogP contribution in [-0.2, 0) is 13.5 Å². The molecule has 0 bridgehead atoms. The second-order valence-electron chi connectivity index (χ2n) is 4.54. The molecule has 1 aromatic heterocycles. The first-order valence-corrected chi connectivity index (χ1v) is 5.64. The van der Waals surface area contributed by atoms with Gasteiger partial charge >= 0.3 is 0 Å². The van der Waals surface area contributed by atoms with Crippen LogP contribution < -0.4 is 5.32 Å². The summed E-state index contributed by atoms with van der Waals surface area (Å²) in [6.07, 6.45) is 5.35. The lowest BCUT2D eigenvalue weighted by atomic mass is 9.99. The molecular formula is C11H22N4. The quantitative estimate of drug-likeness (QED) is 0.771. The van der Waals surface area contributed by atoms with E-state index in [-0.39, 0.29) is 0 Å². The molecule has 1 atom stereocenters. The molecule has 1 unspecified atom stereocenters. The minimum Gasteiger partial charge on any atom is -0.317 e. The molecule has 0 saturated heterocycles. The van der Waals surface area contributed by atoms with Gasteiger partial charge in [-0.1, -0.05) is 19.1 Å². The van der Waals surface area contributed by atoms with E-state index in [9.17, 15) is 0 Å². The number of aryl methyl sites for hydroxylation is 2. The zero-order chi connectivity index (χ0) is 11.3. The normalized spacial score (nSPS) is 13.4. The summed E-state index contributed by atoms with van der Waals surface area (Å²) in [5.41, 5.74) is 1.08. The van der Waals surface area contributed by atoms with Crippen LogP contribution in [0.1, 0.15) is 32.4 Å². The zero-order valence-corrected chi connectivity index (χ0v) is 10.2. The molecule has 0 aliphatic heterocycles. The zero-order valence-electron chi connectivity index (χ0n) is 10.2. The summed E-state index contributed by atoms with van der Waals surface area (Å²) >= 11 is 0. The summed E-state index contributed by atoms with van der Waals surface area (Å²) in [5.74, 6) is 0.740. The Morgan fingerprint density at radius 2 is 2.20 bits per heavy atom. The molecule has 86 valence electrons. The minimum absolute atomic E-state index is 0.590. The maximum Gasteiger partial charge on any atom is 0.0827 e. The third-order valence-corrected chi connectivity index (χ3v) is 2.56. The molecule has 0 spiro atoms. The van der Waals surface area contributed by atoms with Gasteiger partial charge < -0.3 is 5.32 Å². The van der Waals surface area contributed by atoms with Crippen molar-refractivity contribution in [3.8, 4) is 0 Å². The Balaban J connectivity index is 2.34. The topological polar surface area (TPSA) is 42.7 Å². The lowest BCUT2D eigenvalue weighted by Crippen LogP contribution is -2.27. The van der Waals surface area contributed by atoms with Crippen molar-refractivity contribution in [3.63, 3.8) is 0 Å². The van der Waals surface area contributed by atoms with Crippen LogP contribution in [0.5, 0.6) is 0 Å². The Bertz CT molecular complexity index is 280. The highest BCUT2D eigenvalue weighted by atomic mass is 15.4. The van der Waals surface area contributed by atoms with Gasteiger partial charge in [-0.25, -0.2) is 0 Å². The van der Waals surface area contributed by atoms with E-state index in [4.69, 9.17) is 0 Å². The summed E-state index contributed by atoms with van der Waals surface area (Å²) < 4.78 is 1.76. The molecule has 1 N–H and O–H groups in total. The van der Waals surface area contributed by atoms with Crippen molar-refractivity contribution < 1.29 is 0 Å². The summed E-state index contributed by atoms with van der Waals surface area (Å²) in [7, 11) is 3.93. The van der Waals surface area contributed by atoms with Crippen molar-refractivity contribution in [1.29, 1.82) is 0 Å². The van der Waals surface area contributed by atoms with E-state index in [1.807, 2.05) is 20.3 Å². The molecule has 0 aromatic carbocycles. The van der Waals surface area contributed by atoms with Crippen LogP contribution in [0.3, 0.4) is 0 Å². The Labute approximate surface area is 92.1 Å². The van der Waals surface area contributed by atoms with Gasteiger partial charge in [-0.3, -0.25) is 4.68 Å². The average molecular weight is 210 g/mol. The lowest BCUT2D eigenvalue weighted by molar-refractivity contribution is 0.420. The van der Waals surface area contributed by atoms with Crippen LogP contribution in [0.4, 0.5) is 0 Å². The fraction of sp³-hybridized carbons (Fsp3) is 0.818. The Morgan fingerprint density at radius 1 is 1.47 bits per heavy atom. The molecule has 0 saturated carbocycles. The lowest BCUT2D eigenvalue weighted by Gasteiger charge is -2.17. The van der Waals surface area contributed by atoms with Crippen LogP contribution in [0.15, 0.2) is 6.20 Å². The van der Waals surface area contributed by atoms with Gasteiger partial charge in [-0.15, -0.1) is 5.10 Å². The van der Waals surface area contributed by atoms with E-state index < -0.39 is 0 Å². The highest BCUT2D eigenvalue weighted by Gasteiger charge is 2.09. The molecule has 4 nitrogen and oxygen atoms in total. The first-order valence-electron chi connectivity index (χ1n) is 5.64. The van der Waals surface area contributed by atoms with Crippen LogP contribution >= 0.6 is 0 Å². The highest BCUT2D eigenvalue weighted by Crippen LogP contribution is 2.10. The molecule has 0 fully saturated rings. The molecule has 0 amide bonds. The fourth-order valence-electron chi connectivity index (χ4n) is 1.78. The minimum atomic E-state index is 0.590. The summed E-state index contributed by atoms with van der Waals surface area (Å²) in [4.78, 5) is 0. The van der Waals surface area contributed by atoms with Crippen molar-refractivity contribution in [2.75, 3.05) is 7.05 Å². The molecule has 0 aliphatic carbocycles. The summed E-state index contributed by atoms with van der Waals surface area (Å²) in [6.45, 7) is 4.51. The first kappa shape index (κ1) is 12.2. The molecule has 0 aliphatic rings. The molecule has 1 aromatic rings. The Morgan fingerprint density at radius 3 is 2.67 bits per heavy atom. The highest BCUT2D eigenvalue weighted by molar-refractivity contribution is 4.92. The Kier molecular flexibility index (Phi) is 4.75. The van der Waals surface area contributed by atoms with Gasteiger partial charge in [0.1, 0.15) is 0 Å². The van der Waals surface area contributed by atoms with Crippen LogP contribution in [0.2, 0.25) is 0 Å². The maximum absolute atomic E-state index is 4.09. The summed E-state index contributed by atoms with van der Waals surface area (Å²) in [5, 5.41) is 11.4. The largest absolute Gasteiger partial charge is 0.317 e. The maximum atomic E-state index is 4.09.